The topological polar surface area (TPSA) is 80.0 Å². The highest BCUT2D eigenvalue weighted by Gasteiger charge is 2.02. The molecule has 0 bridgehead atoms. The summed E-state index contributed by atoms with van der Waals surface area (Å²) in [6.07, 6.45) is 0. The van der Waals surface area contributed by atoms with Gasteiger partial charge in [0.05, 0.1) is 0 Å². The first kappa shape index (κ1) is 13.4. The first-order chi connectivity index (χ1) is 7.99. The molecular formula is C11H16N4OS. The predicted molar refractivity (Wildman–Crippen MR) is 72.0 cm³/mol. The Balaban J connectivity index is 2.59. The average Bonchev–Trinajstić information content (AvgIpc) is 2.23. The number of nitrogens with one attached hydrogen (secondary N) is 2. The summed E-state index contributed by atoms with van der Waals surface area (Å²) in [5.74, 6) is 0.658. The molecule has 1 aromatic rings. The van der Waals surface area contributed by atoms with E-state index in [2.05, 4.69) is 15.6 Å². The van der Waals surface area contributed by atoms with Crippen molar-refractivity contribution in [2.24, 2.45) is 5.73 Å². The van der Waals surface area contributed by atoms with Gasteiger partial charge in [-0.25, -0.2) is 4.98 Å². The molecule has 1 aromatic heterocycles. The van der Waals surface area contributed by atoms with Gasteiger partial charge in [0, 0.05) is 31.3 Å². The van der Waals surface area contributed by atoms with Crippen molar-refractivity contribution in [2.45, 2.75) is 13.8 Å². The molecule has 0 aromatic carbocycles. The number of carbonyl (C=O) groups is 1. The van der Waals surface area contributed by atoms with E-state index in [4.69, 9.17) is 18.0 Å². The fourth-order valence-electron chi connectivity index (χ4n) is 1.33. The Morgan fingerprint density at radius 1 is 1.47 bits per heavy atom. The maximum absolute atomic E-state index is 10.7. The number of nitrogens with two attached hydrogens (primary N) is 1. The Morgan fingerprint density at radius 3 is 2.76 bits per heavy atom. The van der Waals surface area contributed by atoms with Gasteiger partial charge in [0.15, 0.2) is 0 Å². The van der Waals surface area contributed by atoms with Crippen molar-refractivity contribution < 1.29 is 4.79 Å². The van der Waals surface area contributed by atoms with Crippen molar-refractivity contribution in [1.29, 1.82) is 0 Å². The van der Waals surface area contributed by atoms with Crippen molar-refractivity contribution in [2.75, 3.05) is 18.4 Å². The van der Waals surface area contributed by atoms with Gasteiger partial charge in [-0.3, -0.25) is 4.79 Å². The summed E-state index contributed by atoms with van der Waals surface area (Å²) in [5, 5.41) is 5.78. The third-order valence-electron chi connectivity index (χ3n) is 2.04. The van der Waals surface area contributed by atoms with E-state index < -0.39 is 0 Å². The van der Waals surface area contributed by atoms with Crippen LogP contribution in [-0.4, -0.2) is 29.0 Å². The first-order valence-electron chi connectivity index (χ1n) is 5.26. The summed E-state index contributed by atoms with van der Waals surface area (Å²) in [5.41, 5.74) is 7.20. The molecule has 1 amide bonds. The normalized spacial score (nSPS) is 9.76. The number of nitrogens with zero attached hydrogens (tertiary/aromatic N) is 1. The summed E-state index contributed by atoms with van der Waals surface area (Å²) in [7, 11) is 0. The molecule has 0 saturated heterocycles. The van der Waals surface area contributed by atoms with E-state index in [0.717, 1.165) is 11.3 Å². The summed E-state index contributed by atoms with van der Waals surface area (Å²) in [6, 6.07) is 3.63. The Morgan fingerprint density at radius 2 is 2.18 bits per heavy atom. The Kier molecular flexibility index (Phi) is 4.84. The molecule has 5 nitrogen and oxygen atoms in total. The van der Waals surface area contributed by atoms with Gasteiger partial charge in [-0.05, 0) is 19.1 Å². The molecule has 0 radical (unpaired) electrons. The smallest absolute Gasteiger partial charge is 0.216 e. The first-order valence-corrected chi connectivity index (χ1v) is 5.66. The number of aromatic nitrogens is 1. The molecule has 4 N–H and O–H groups in total. The number of aryl methyl sites for hydroxylation is 1. The van der Waals surface area contributed by atoms with E-state index in [9.17, 15) is 4.79 Å². The van der Waals surface area contributed by atoms with Crippen LogP contribution in [0.2, 0.25) is 0 Å². The minimum absolute atomic E-state index is 0.0483. The van der Waals surface area contributed by atoms with Gasteiger partial charge >= 0.3 is 0 Å². The van der Waals surface area contributed by atoms with E-state index >= 15 is 0 Å². The van der Waals surface area contributed by atoms with Gasteiger partial charge in [-0.2, -0.15) is 0 Å². The van der Waals surface area contributed by atoms with Gasteiger partial charge in [-0.1, -0.05) is 12.2 Å². The Hall–Kier alpha value is -1.69. The fraction of sp³-hybridized carbons (Fsp3) is 0.364. The molecule has 0 aliphatic heterocycles. The van der Waals surface area contributed by atoms with Crippen LogP contribution in [-0.2, 0) is 4.79 Å². The SMILES string of the molecule is CC(=O)NCCNc1cc(C(N)=S)cc(C)n1. The van der Waals surface area contributed by atoms with E-state index in [1.807, 2.05) is 13.0 Å². The van der Waals surface area contributed by atoms with Crippen LogP contribution < -0.4 is 16.4 Å². The zero-order valence-corrected chi connectivity index (χ0v) is 10.7. The molecule has 0 saturated carbocycles. The number of rotatable bonds is 5. The zero-order valence-electron chi connectivity index (χ0n) is 9.91. The summed E-state index contributed by atoms with van der Waals surface area (Å²) < 4.78 is 0. The lowest BCUT2D eigenvalue weighted by Crippen LogP contribution is -2.26. The largest absolute Gasteiger partial charge is 0.389 e. The van der Waals surface area contributed by atoms with Gasteiger partial charge in [0.2, 0.25) is 5.91 Å². The lowest BCUT2D eigenvalue weighted by Gasteiger charge is -2.08. The molecule has 92 valence electrons. The van der Waals surface area contributed by atoms with Crippen molar-refractivity contribution in [3.05, 3.63) is 23.4 Å². The number of pyridine rings is 1. The number of thiocarbonyl (C=S) groups is 1. The van der Waals surface area contributed by atoms with Crippen LogP contribution in [0.4, 0.5) is 5.82 Å². The van der Waals surface area contributed by atoms with Gasteiger partial charge in [0.25, 0.3) is 0 Å². The summed E-state index contributed by atoms with van der Waals surface area (Å²) in [4.78, 5) is 15.3. The maximum Gasteiger partial charge on any atom is 0.216 e. The number of amides is 1. The lowest BCUT2D eigenvalue weighted by molar-refractivity contribution is -0.118. The summed E-state index contributed by atoms with van der Waals surface area (Å²) >= 11 is 4.92. The number of hydrogen-bond donors (Lipinski definition) is 3. The van der Waals surface area contributed by atoms with Crippen LogP contribution in [0.25, 0.3) is 0 Å². The summed E-state index contributed by atoms with van der Waals surface area (Å²) in [6.45, 7) is 4.51. The number of anilines is 1. The van der Waals surface area contributed by atoms with Gasteiger partial charge < -0.3 is 16.4 Å². The van der Waals surface area contributed by atoms with E-state index in [1.165, 1.54) is 6.92 Å². The second kappa shape index (κ2) is 6.15. The molecule has 17 heavy (non-hydrogen) atoms. The van der Waals surface area contributed by atoms with Crippen LogP contribution in [0, 0.1) is 6.92 Å². The molecule has 1 heterocycles. The second-order valence-corrected chi connectivity index (χ2v) is 4.10. The Labute approximate surface area is 106 Å². The van der Waals surface area contributed by atoms with Crippen molar-refractivity contribution in [3.63, 3.8) is 0 Å². The van der Waals surface area contributed by atoms with E-state index in [1.54, 1.807) is 6.07 Å². The molecule has 0 fully saturated rings. The standard InChI is InChI=1S/C11H16N4OS/c1-7-5-9(11(12)17)6-10(15-7)14-4-3-13-8(2)16/h5-6H,3-4H2,1-2H3,(H2,12,17)(H,13,16)(H,14,15). The molecule has 0 aliphatic rings. The molecule has 0 aliphatic carbocycles. The van der Waals surface area contributed by atoms with Crippen LogP contribution >= 0.6 is 12.2 Å². The lowest BCUT2D eigenvalue weighted by atomic mass is 10.2. The second-order valence-electron chi connectivity index (χ2n) is 3.66. The molecular weight excluding hydrogens is 236 g/mol. The van der Waals surface area contributed by atoms with Crippen LogP contribution in [0.5, 0.6) is 0 Å². The van der Waals surface area contributed by atoms with Crippen LogP contribution in [0.3, 0.4) is 0 Å². The molecule has 1 rings (SSSR count). The quantitative estimate of drug-likeness (QED) is 0.527. The number of carbonyl (C=O) groups excluding carboxylic acids is 1. The van der Waals surface area contributed by atoms with Crippen LogP contribution in [0.15, 0.2) is 12.1 Å². The third-order valence-corrected chi connectivity index (χ3v) is 2.28. The average molecular weight is 252 g/mol. The predicted octanol–water partition coefficient (Wildman–Crippen LogP) is 0.572. The fourth-order valence-corrected chi connectivity index (χ4v) is 1.45. The monoisotopic (exact) mass is 252 g/mol. The maximum atomic E-state index is 10.7. The highest BCUT2D eigenvalue weighted by Crippen LogP contribution is 2.09. The molecule has 0 atom stereocenters. The Bertz CT molecular complexity index is 433. The minimum atomic E-state index is -0.0483. The van der Waals surface area contributed by atoms with Crippen LogP contribution in [0.1, 0.15) is 18.2 Å². The van der Waals surface area contributed by atoms with Crippen molar-refractivity contribution >= 4 is 28.9 Å². The molecule has 6 heteroatoms. The minimum Gasteiger partial charge on any atom is -0.389 e. The van der Waals surface area contributed by atoms with Crippen molar-refractivity contribution in [1.82, 2.24) is 10.3 Å². The van der Waals surface area contributed by atoms with E-state index in [0.29, 0.717) is 23.9 Å². The van der Waals surface area contributed by atoms with E-state index in [-0.39, 0.29) is 5.91 Å². The molecule has 0 spiro atoms. The van der Waals surface area contributed by atoms with Crippen molar-refractivity contribution in [3.8, 4) is 0 Å². The van der Waals surface area contributed by atoms with Gasteiger partial charge in [0.1, 0.15) is 10.8 Å². The number of hydrogen-bond acceptors (Lipinski definition) is 4. The zero-order chi connectivity index (χ0) is 12.8. The van der Waals surface area contributed by atoms with Gasteiger partial charge in [-0.15, -0.1) is 0 Å². The molecule has 0 unspecified atom stereocenters. The third kappa shape index (κ3) is 4.78. The highest BCUT2D eigenvalue weighted by molar-refractivity contribution is 7.80. The highest BCUT2D eigenvalue weighted by atomic mass is 32.1.